The number of benzene rings is 1. The van der Waals surface area contributed by atoms with Crippen LogP contribution in [0.4, 0.5) is 14.6 Å². The average molecular weight is 513 g/mol. The monoisotopic (exact) mass is 512 g/mol. The minimum absolute atomic E-state index is 0.0707. The smallest absolute Gasteiger partial charge is 0.167 e. The molecule has 0 bridgehead atoms. The maximum Gasteiger partial charge on any atom is 0.167 e. The van der Waals surface area contributed by atoms with Crippen LogP contribution in [0, 0.1) is 11.6 Å². The minimum Gasteiger partial charge on any atom is -0.487 e. The zero-order chi connectivity index (χ0) is 25.9. The molecular weight excluding hydrogens is 482 g/mol. The summed E-state index contributed by atoms with van der Waals surface area (Å²) < 4.78 is 36.7. The van der Waals surface area contributed by atoms with Gasteiger partial charge in [0.2, 0.25) is 0 Å². The van der Waals surface area contributed by atoms with Crippen molar-refractivity contribution in [2.24, 2.45) is 0 Å². The maximum atomic E-state index is 14.1. The Bertz CT molecular complexity index is 1370. The summed E-state index contributed by atoms with van der Waals surface area (Å²) >= 11 is 0. The van der Waals surface area contributed by atoms with Crippen LogP contribution in [-0.4, -0.2) is 60.1 Å². The lowest BCUT2D eigenvalue weighted by molar-refractivity contribution is 0.0783. The number of anilines is 1. The standard InChI is InChI=1S/C26H30F2N6O3/c1-2-29-25-10-23-21(12-30-25)26(16-11-31-33(13-16)14-19(36)15-35)32-34(23)18-4-6-20(7-5-18)37-24-8-3-17(27)9-22(24)28/h3,8-13,18-20,35-36H,2,4-7,14-15H2,1H3,(H,29,30)/t18?,19-,20?/m1/s1. The number of hydrogen-bond donors (Lipinski definition) is 3. The van der Waals surface area contributed by atoms with Crippen LogP contribution >= 0.6 is 0 Å². The first-order chi connectivity index (χ1) is 17.9. The highest BCUT2D eigenvalue weighted by atomic mass is 19.1. The topological polar surface area (TPSA) is 110 Å². The number of rotatable bonds is 9. The highest BCUT2D eigenvalue weighted by molar-refractivity contribution is 5.93. The van der Waals surface area contributed by atoms with E-state index in [1.54, 1.807) is 23.3 Å². The summed E-state index contributed by atoms with van der Waals surface area (Å²) in [4.78, 5) is 4.54. The summed E-state index contributed by atoms with van der Waals surface area (Å²) in [5.74, 6) is -0.494. The normalized spacial score (nSPS) is 18.7. The Labute approximate surface area is 212 Å². The number of nitrogens with zero attached hydrogens (tertiary/aromatic N) is 5. The van der Waals surface area contributed by atoms with Crippen molar-refractivity contribution in [3.05, 3.63) is 54.5 Å². The largest absolute Gasteiger partial charge is 0.487 e. The maximum absolute atomic E-state index is 14.1. The summed E-state index contributed by atoms with van der Waals surface area (Å²) in [6, 6.07) is 5.47. The van der Waals surface area contributed by atoms with Gasteiger partial charge in [0.05, 0.1) is 43.1 Å². The predicted molar refractivity (Wildman–Crippen MR) is 134 cm³/mol. The fraction of sp³-hybridized carbons (Fsp3) is 0.423. The minimum atomic E-state index is -0.896. The molecule has 1 atom stereocenters. The molecule has 3 heterocycles. The SMILES string of the molecule is CCNc1cc2c(cn1)c(-c1cnn(C[C@@H](O)CO)c1)nn2C1CCC(Oc2ccc(F)cc2F)CC1. The Balaban J connectivity index is 1.39. The Morgan fingerprint density at radius 3 is 2.70 bits per heavy atom. The van der Waals surface area contributed by atoms with Gasteiger partial charge in [-0.2, -0.15) is 10.2 Å². The van der Waals surface area contributed by atoms with E-state index in [9.17, 15) is 13.9 Å². The van der Waals surface area contributed by atoms with E-state index in [4.69, 9.17) is 14.9 Å². The second kappa shape index (κ2) is 10.8. The van der Waals surface area contributed by atoms with E-state index in [0.717, 1.165) is 53.4 Å². The van der Waals surface area contributed by atoms with E-state index in [-0.39, 0.29) is 31.0 Å². The van der Waals surface area contributed by atoms with Gasteiger partial charge in [-0.15, -0.1) is 0 Å². The molecule has 37 heavy (non-hydrogen) atoms. The first kappa shape index (κ1) is 25.1. The van der Waals surface area contributed by atoms with E-state index in [0.29, 0.717) is 12.8 Å². The van der Waals surface area contributed by atoms with E-state index in [1.807, 2.05) is 17.7 Å². The van der Waals surface area contributed by atoms with Crippen molar-refractivity contribution in [1.29, 1.82) is 0 Å². The molecule has 9 nitrogen and oxygen atoms in total. The van der Waals surface area contributed by atoms with Gasteiger partial charge >= 0.3 is 0 Å². The summed E-state index contributed by atoms with van der Waals surface area (Å²) in [6.45, 7) is 2.58. The molecular formula is C26H30F2N6O3. The highest BCUT2D eigenvalue weighted by Gasteiger charge is 2.27. The van der Waals surface area contributed by atoms with Gasteiger partial charge in [-0.05, 0) is 44.7 Å². The molecule has 0 aliphatic heterocycles. The van der Waals surface area contributed by atoms with E-state index >= 15 is 0 Å². The van der Waals surface area contributed by atoms with Gasteiger partial charge in [0, 0.05) is 42.0 Å². The molecule has 0 spiro atoms. The number of halogens is 2. The Hall–Kier alpha value is -3.57. The van der Waals surface area contributed by atoms with Crippen molar-refractivity contribution in [2.45, 2.75) is 57.4 Å². The fourth-order valence-corrected chi connectivity index (χ4v) is 4.82. The lowest BCUT2D eigenvalue weighted by atomic mass is 9.93. The lowest BCUT2D eigenvalue weighted by Crippen LogP contribution is -2.26. The fourth-order valence-electron chi connectivity index (χ4n) is 4.82. The van der Waals surface area contributed by atoms with Crippen molar-refractivity contribution in [2.75, 3.05) is 18.5 Å². The van der Waals surface area contributed by atoms with Crippen LogP contribution in [0.2, 0.25) is 0 Å². The number of nitrogens with one attached hydrogen (secondary N) is 1. The number of ether oxygens (including phenoxy) is 1. The molecule has 3 aromatic heterocycles. The van der Waals surface area contributed by atoms with Crippen molar-refractivity contribution >= 4 is 16.7 Å². The molecule has 5 rings (SSSR count). The van der Waals surface area contributed by atoms with Crippen molar-refractivity contribution in [3.8, 4) is 17.0 Å². The Morgan fingerprint density at radius 2 is 1.97 bits per heavy atom. The predicted octanol–water partition coefficient (Wildman–Crippen LogP) is 3.92. The third kappa shape index (κ3) is 5.42. The summed E-state index contributed by atoms with van der Waals surface area (Å²) in [6.07, 6.45) is 7.22. The molecule has 0 amide bonds. The molecule has 196 valence electrons. The van der Waals surface area contributed by atoms with Crippen LogP contribution in [0.5, 0.6) is 5.75 Å². The highest BCUT2D eigenvalue weighted by Crippen LogP contribution is 2.36. The molecule has 1 aromatic carbocycles. The number of hydrogen-bond acceptors (Lipinski definition) is 7. The van der Waals surface area contributed by atoms with E-state index < -0.39 is 17.7 Å². The van der Waals surface area contributed by atoms with Crippen molar-refractivity contribution in [3.63, 3.8) is 0 Å². The zero-order valence-electron chi connectivity index (χ0n) is 20.5. The Morgan fingerprint density at radius 1 is 1.16 bits per heavy atom. The first-order valence-corrected chi connectivity index (χ1v) is 12.5. The van der Waals surface area contributed by atoms with Gasteiger partial charge in [-0.1, -0.05) is 0 Å². The number of aliphatic hydroxyl groups is 2. The molecule has 3 N–H and O–H groups in total. The molecule has 0 unspecified atom stereocenters. The molecule has 1 fully saturated rings. The zero-order valence-corrected chi connectivity index (χ0v) is 20.5. The van der Waals surface area contributed by atoms with Gasteiger partial charge in [0.25, 0.3) is 0 Å². The molecule has 11 heteroatoms. The third-order valence-electron chi connectivity index (χ3n) is 6.64. The van der Waals surface area contributed by atoms with Gasteiger partial charge in [-0.25, -0.2) is 13.8 Å². The second-order valence-electron chi connectivity index (χ2n) is 9.32. The van der Waals surface area contributed by atoms with Gasteiger partial charge in [0.1, 0.15) is 17.3 Å². The van der Waals surface area contributed by atoms with Crippen LogP contribution in [0.15, 0.2) is 42.9 Å². The molecule has 0 saturated heterocycles. The Kier molecular flexibility index (Phi) is 7.33. The number of pyridine rings is 1. The molecule has 4 aromatic rings. The molecule has 1 aliphatic carbocycles. The average Bonchev–Trinajstić information content (AvgIpc) is 3.50. The summed E-state index contributed by atoms with van der Waals surface area (Å²) in [5, 5.41) is 32.3. The molecule has 0 radical (unpaired) electrons. The van der Waals surface area contributed by atoms with Crippen LogP contribution in [0.3, 0.4) is 0 Å². The quantitative estimate of drug-likeness (QED) is 0.312. The second-order valence-corrected chi connectivity index (χ2v) is 9.32. The van der Waals surface area contributed by atoms with Crippen molar-refractivity contribution < 1.29 is 23.7 Å². The lowest BCUT2D eigenvalue weighted by Gasteiger charge is -2.29. The van der Waals surface area contributed by atoms with Gasteiger partial charge in [0.15, 0.2) is 11.6 Å². The molecule has 1 saturated carbocycles. The van der Waals surface area contributed by atoms with Gasteiger partial charge in [-0.3, -0.25) is 9.36 Å². The number of aromatic nitrogens is 5. The summed E-state index contributed by atoms with van der Waals surface area (Å²) in [7, 11) is 0. The first-order valence-electron chi connectivity index (χ1n) is 12.5. The van der Waals surface area contributed by atoms with Crippen LogP contribution in [-0.2, 0) is 6.54 Å². The van der Waals surface area contributed by atoms with Crippen molar-refractivity contribution in [1.82, 2.24) is 24.5 Å². The third-order valence-corrected chi connectivity index (χ3v) is 6.64. The van der Waals surface area contributed by atoms with E-state index in [2.05, 4.69) is 15.4 Å². The molecule has 1 aliphatic rings. The van der Waals surface area contributed by atoms with E-state index in [1.165, 1.54) is 12.1 Å². The van der Waals surface area contributed by atoms with Crippen LogP contribution in [0.25, 0.3) is 22.2 Å². The van der Waals surface area contributed by atoms with Gasteiger partial charge < -0.3 is 20.3 Å². The van der Waals surface area contributed by atoms with Crippen LogP contribution in [0.1, 0.15) is 38.6 Å². The number of fused-ring (bicyclic) bond motifs is 1. The number of aliphatic hydroxyl groups excluding tert-OH is 2. The van der Waals surface area contributed by atoms with Crippen LogP contribution < -0.4 is 10.1 Å². The summed E-state index contributed by atoms with van der Waals surface area (Å²) in [5.41, 5.74) is 2.47.